The number of rotatable bonds is 8. The summed E-state index contributed by atoms with van der Waals surface area (Å²) in [6.07, 6.45) is -1.67. The normalized spacial score (nSPS) is 11.2. The van der Waals surface area contributed by atoms with Gasteiger partial charge in [-0.15, -0.1) is 18.3 Å². The number of ether oxygens (including phenoxy) is 1. The van der Waals surface area contributed by atoms with Gasteiger partial charge < -0.3 is 15.4 Å². The quantitative estimate of drug-likeness (QED) is 0.299. The number of para-hydroxylation sites is 1. The number of nitrogens with zero attached hydrogens (tertiary/aromatic N) is 3. The van der Waals surface area contributed by atoms with Crippen LogP contribution in [-0.4, -0.2) is 33.7 Å². The molecule has 0 aliphatic heterocycles. The number of alkyl halides is 3. The largest absolute Gasteiger partial charge is 0.573 e. The average Bonchev–Trinajstić information content (AvgIpc) is 3.34. The first kappa shape index (κ1) is 24.8. The Bertz CT molecular complexity index is 1300. The molecule has 4 aromatic rings. The number of urea groups is 1. The fourth-order valence-electron chi connectivity index (χ4n) is 3.51. The average molecular weight is 496 g/mol. The lowest BCUT2D eigenvalue weighted by atomic mass is 10.1. The molecule has 2 N–H and O–H groups in total. The lowest BCUT2D eigenvalue weighted by molar-refractivity contribution is -0.274. The van der Waals surface area contributed by atoms with Gasteiger partial charge in [0.25, 0.3) is 0 Å². The summed E-state index contributed by atoms with van der Waals surface area (Å²) in [7, 11) is 0. The van der Waals surface area contributed by atoms with Gasteiger partial charge in [-0.05, 0) is 61.2 Å². The van der Waals surface area contributed by atoms with Crippen LogP contribution in [0.25, 0.3) is 17.1 Å². The molecule has 0 saturated carbocycles. The van der Waals surface area contributed by atoms with Gasteiger partial charge in [-0.25, -0.2) is 14.5 Å². The van der Waals surface area contributed by atoms with Crippen molar-refractivity contribution in [1.82, 2.24) is 20.1 Å². The van der Waals surface area contributed by atoms with E-state index in [4.69, 9.17) is 0 Å². The second kappa shape index (κ2) is 10.9. The van der Waals surface area contributed by atoms with Crippen molar-refractivity contribution >= 4 is 11.7 Å². The zero-order valence-corrected chi connectivity index (χ0v) is 19.4. The number of halogens is 3. The molecule has 0 unspecified atom stereocenters. The Balaban J connectivity index is 1.26. The van der Waals surface area contributed by atoms with Crippen molar-refractivity contribution in [2.75, 3.05) is 11.9 Å². The molecular formula is C26H24F3N5O2. The van der Waals surface area contributed by atoms with Crippen LogP contribution in [0.4, 0.5) is 23.7 Å². The van der Waals surface area contributed by atoms with Gasteiger partial charge in [0, 0.05) is 17.8 Å². The van der Waals surface area contributed by atoms with Gasteiger partial charge in [0.1, 0.15) is 12.1 Å². The number of benzene rings is 3. The molecule has 0 spiro atoms. The molecule has 0 bridgehead atoms. The van der Waals surface area contributed by atoms with Crippen LogP contribution in [-0.2, 0) is 6.42 Å². The number of nitrogens with one attached hydrogen (secondary N) is 2. The van der Waals surface area contributed by atoms with Crippen LogP contribution in [0, 0.1) is 6.92 Å². The summed E-state index contributed by atoms with van der Waals surface area (Å²) < 4.78 is 42.3. The molecule has 0 fully saturated rings. The molecule has 0 saturated heterocycles. The topological polar surface area (TPSA) is 81.1 Å². The van der Waals surface area contributed by atoms with E-state index in [0.29, 0.717) is 18.1 Å². The Kier molecular flexibility index (Phi) is 7.53. The maximum absolute atomic E-state index is 12.3. The van der Waals surface area contributed by atoms with Crippen molar-refractivity contribution < 1.29 is 22.7 Å². The molecule has 0 aliphatic rings. The number of anilines is 1. The molecule has 186 valence electrons. The monoisotopic (exact) mass is 495 g/mol. The third-order valence-corrected chi connectivity index (χ3v) is 5.36. The number of carbonyl (C=O) groups excluding carboxylic acids is 1. The molecule has 7 nitrogen and oxygen atoms in total. The molecule has 0 aliphatic carbocycles. The SMILES string of the molecule is Cc1ccccc1NC(=O)NCCCc1ccc(-c2ncn(-c3ccc(OC(F)(F)F)cc3)n2)cc1. The number of carbonyl (C=O) groups is 1. The maximum Gasteiger partial charge on any atom is 0.573 e. The van der Waals surface area contributed by atoms with Gasteiger partial charge in [0.15, 0.2) is 5.82 Å². The van der Waals surface area contributed by atoms with E-state index in [1.165, 1.54) is 35.3 Å². The van der Waals surface area contributed by atoms with E-state index >= 15 is 0 Å². The first-order valence-corrected chi connectivity index (χ1v) is 11.2. The van der Waals surface area contributed by atoms with Gasteiger partial charge in [0.2, 0.25) is 0 Å². The van der Waals surface area contributed by atoms with Gasteiger partial charge >= 0.3 is 12.4 Å². The summed E-state index contributed by atoms with van der Waals surface area (Å²) >= 11 is 0. The summed E-state index contributed by atoms with van der Waals surface area (Å²) in [5.74, 6) is 0.191. The van der Waals surface area contributed by atoms with Gasteiger partial charge in [-0.3, -0.25) is 0 Å². The molecule has 0 radical (unpaired) electrons. The molecular weight excluding hydrogens is 471 g/mol. The Hall–Kier alpha value is -4.34. The third-order valence-electron chi connectivity index (χ3n) is 5.36. The number of aryl methyl sites for hydroxylation is 2. The molecule has 1 heterocycles. The highest BCUT2D eigenvalue weighted by molar-refractivity contribution is 5.89. The zero-order valence-electron chi connectivity index (χ0n) is 19.4. The van der Waals surface area contributed by atoms with Gasteiger partial charge in [-0.2, -0.15) is 0 Å². The van der Waals surface area contributed by atoms with Crippen molar-refractivity contribution in [2.24, 2.45) is 0 Å². The number of hydrogen-bond donors (Lipinski definition) is 2. The Morgan fingerprint density at radius 2 is 1.72 bits per heavy atom. The zero-order chi connectivity index (χ0) is 25.5. The minimum atomic E-state index is -4.74. The standard InChI is InChI=1S/C26H24F3N5O2/c1-18-5-2-3-7-23(18)32-25(35)30-16-4-6-19-8-10-20(11-9-19)24-31-17-34(33-24)21-12-14-22(15-13-21)36-26(27,28)29/h2-3,5,7-15,17H,4,6,16H2,1H3,(H2,30,32,35). The summed E-state index contributed by atoms with van der Waals surface area (Å²) in [4.78, 5) is 16.4. The van der Waals surface area contributed by atoms with Crippen LogP contribution in [0.1, 0.15) is 17.5 Å². The molecule has 36 heavy (non-hydrogen) atoms. The predicted octanol–water partition coefficient (Wildman–Crippen LogP) is 5.90. The summed E-state index contributed by atoms with van der Waals surface area (Å²) in [5.41, 5.74) is 4.26. The highest BCUT2D eigenvalue weighted by Gasteiger charge is 2.31. The van der Waals surface area contributed by atoms with E-state index in [9.17, 15) is 18.0 Å². The molecule has 2 amide bonds. The van der Waals surface area contributed by atoms with E-state index in [-0.39, 0.29) is 11.8 Å². The van der Waals surface area contributed by atoms with Gasteiger partial charge in [-0.1, -0.05) is 42.5 Å². The Labute approximate surface area is 205 Å². The first-order chi connectivity index (χ1) is 17.3. The van der Waals surface area contributed by atoms with E-state index in [1.807, 2.05) is 55.5 Å². The van der Waals surface area contributed by atoms with E-state index < -0.39 is 6.36 Å². The maximum atomic E-state index is 12.3. The van der Waals surface area contributed by atoms with Crippen LogP contribution in [0.15, 0.2) is 79.1 Å². The number of hydrogen-bond acceptors (Lipinski definition) is 4. The van der Waals surface area contributed by atoms with Crippen LogP contribution in [0.3, 0.4) is 0 Å². The summed E-state index contributed by atoms with van der Waals surface area (Å²) in [6, 6.07) is 20.5. The molecule has 3 aromatic carbocycles. The van der Waals surface area contributed by atoms with Crippen LogP contribution in [0.2, 0.25) is 0 Å². The van der Waals surface area contributed by atoms with Crippen molar-refractivity contribution in [3.8, 4) is 22.8 Å². The fourth-order valence-corrected chi connectivity index (χ4v) is 3.51. The second-order valence-electron chi connectivity index (χ2n) is 8.05. The minimum absolute atomic E-state index is 0.233. The lowest BCUT2D eigenvalue weighted by Crippen LogP contribution is -2.30. The first-order valence-electron chi connectivity index (χ1n) is 11.2. The smallest absolute Gasteiger partial charge is 0.406 e. The number of amides is 2. The molecule has 1 aromatic heterocycles. The lowest BCUT2D eigenvalue weighted by Gasteiger charge is -2.09. The van der Waals surface area contributed by atoms with Crippen molar-refractivity contribution in [3.05, 3.63) is 90.3 Å². The van der Waals surface area contributed by atoms with Crippen LogP contribution >= 0.6 is 0 Å². The van der Waals surface area contributed by atoms with Crippen molar-refractivity contribution in [1.29, 1.82) is 0 Å². The molecule has 10 heteroatoms. The molecule has 4 rings (SSSR count). The number of aromatic nitrogens is 3. The van der Waals surface area contributed by atoms with Crippen LogP contribution < -0.4 is 15.4 Å². The Morgan fingerprint density at radius 1 is 1.00 bits per heavy atom. The Morgan fingerprint density at radius 3 is 2.42 bits per heavy atom. The summed E-state index contributed by atoms with van der Waals surface area (Å²) in [5, 5.41) is 10.1. The third kappa shape index (κ3) is 6.84. The highest BCUT2D eigenvalue weighted by Crippen LogP contribution is 2.24. The van der Waals surface area contributed by atoms with Crippen LogP contribution in [0.5, 0.6) is 5.75 Å². The molecule has 0 atom stereocenters. The van der Waals surface area contributed by atoms with Crippen molar-refractivity contribution in [3.63, 3.8) is 0 Å². The predicted molar refractivity (Wildman–Crippen MR) is 130 cm³/mol. The van der Waals surface area contributed by atoms with E-state index in [2.05, 4.69) is 25.5 Å². The van der Waals surface area contributed by atoms with E-state index in [1.54, 1.807) is 0 Å². The summed E-state index contributed by atoms with van der Waals surface area (Å²) in [6.45, 7) is 2.48. The van der Waals surface area contributed by atoms with Crippen molar-refractivity contribution in [2.45, 2.75) is 26.1 Å². The van der Waals surface area contributed by atoms with Gasteiger partial charge in [0.05, 0.1) is 5.69 Å². The van der Waals surface area contributed by atoms with E-state index in [0.717, 1.165) is 35.2 Å². The fraction of sp³-hybridized carbons (Fsp3) is 0.192. The second-order valence-corrected chi connectivity index (χ2v) is 8.05. The highest BCUT2D eigenvalue weighted by atomic mass is 19.4. The minimum Gasteiger partial charge on any atom is -0.406 e.